The van der Waals surface area contributed by atoms with Gasteiger partial charge in [-0.2, -0.15) is 0 Å². The van der Waals surface area contributed by atoms with Crippen LogP contribution >= 0.6 is 11.6 Å². The molecular formula is C21H22ClNO5. The maximum Gasteiger partial charge on any atom is 0.331 e. The number of carbonyl (C=O) groups is 2. The fraction of sp³-hybridized carbons (Fsp3) is 0.238. The molecule has 0 aliphatic carbocycles. The second kappa shape index (κ2) is 10.4. The van der Waals surface area contributed by atoms with Crippen LogP contribution in [0.4, 0.5) is 0 Å². The normalized spacial score (nSPS) is 11.7. The van der Waals surface area contributed by atoms with Crippen LogP contribution < -0.4 is 14.8 Å². The Bertz CT molecular complexity index is 866. The molecule has 0 spiro atoms. The van der Waals surface area contributed by atoms with Crippen molar-refractivity contribution in [3.63, 3.8) is 0 Å². The van der Waals surface area contributed by atoms with Gasteiger partial charge in [0.15, 0.2) is 18.1 Å². The number of rotatable bonds is 8. The van der Waals surface area contributed by atoms with Gasteiger partial charge in [0.2, 0.25) is 0 Å². The summed E-state index contributed by atoms with van der Waals surface area (Å²) in [6, 6.07) is 12.1. The summed E-state index contributed by atoms with van der Waals surface area (Å²) in [6.07, 6.45) is 2.81. The molecule has 2 aromatic rings. The van der Waals surface area contributed by atoms with Crippen molar-refractivity contribution in [3.8, 4) is 11.5 Å². The van der Waals surface area contributed by atoms with Gasteiger partial charge in [0.25, 0.3) is 5.91 Å². The number of benzene rings is 2. The molecule has 2 rings (SSSR count). The van der Waals surface area contributed by atoms with Gasteiger partial charge in [-0.05, 0) is 42.3 Å². The highest BCUT2D eigenvalue weighted by atomic mass is 35.5. The van der Waals surface area contributed by atoms with E-state index < -0.39 is 11.9 Å². The summed E-state index contributed by atoms with van der Waals surface area (Å²) >= 11 is 6.11. The summed E-state index contributed by atoms with van der Waals surface area (Å²) in [7, 11) is 3.07. The van der Waals surface area contributed by atoms with Gasteiger partial charge in [-0.1, -0.05) is 35.9 Å². The molecule has 0 saturated heterocycles. The van der Waals surface area contributed by atoms with Gasteiger partial charge in [-0.3, -0.25) is 4.79 Å². The van der Waals surface area contributed by atoms with Crippen molar-refractivity contribution in [2.45, 2.75) is 13.0 Å². The number of amides is 1. The van der Waals surface area contributed by atoms with E-state index in [0.717, 1.165) is 11.1 Å². The van der Waals surface area contributed by atoms with Gasteiger partial charge in [0.1, 0.15) is 0 Å². The zero-order valence-corrected chi connectivity index (χ0v) is 16.7. The maximum atomic E-state index is 12.0. The molecule has 0 fully saturated rings. The molecule has 1 N–H and O–H groups in total. The number of carbonyl (C=O) groups excluding carboxylic acids is 2. The van der Waals surface area contributed by atoms with Crippen LogP contribution in [0.3, 0.4) is 0 Å². The number of hydrogen-bond acceptors (Lipinski definition) is 5. The van der Waals surface area contributed by atoms with Crippen LogP contribution in [0.25, 0.3) is 6.08 Å². The highest BCUT2D eigenvalue weighted by Crippen LogP contribution is 2.28. The molecule has 28 heavy (non-hydrogen) atoms. The summed E-state index contributed by atoms with van der Waals surface area (Å²) in [5.74, 6) is 0.0908. The minimum atomic E-state index is -0.629. The lowest BCUT2D eigenvalue weighted by atomic mass is 10.1. The minimum absolute atomic E-state index is 0.304. The summed E-state index contributed by atoms with van der Waals surface area (Å²) in [6.45, 7) is 1.42. The second-order valence-electron chi connectivity index (χ2n) is 5.87. The fourth-order valence-electron chi connectivity index (χ4n) is 2.49. The molecule has 0 radical (unpaired) electrons. The highest BCUT2D eigenvalue weighted by Gasteiger charge is 2.13. The smallest absolute Gasteiger partial charge is 0.331 e. The monoisotopic (exact) mass is 403 g/mol. The molecule has 1 atom stereocenters. The lowest BCUT2D eigenvalue weighted by molar-refractivity contribution is -0.144. The topological polar surface area (TPSA) is 73.9 Å². The molecule has 0 aliphatic heterocycles. The number of ether oxygens (including phenoxy) is 3. The van der Waals surface area contributed by atoms with E-state index in [1.54, 1.807) is 44.4 Å². The van der Waals surface area contributed by atoms with E-state index in [-0.39, 0.29) is 12.6 Å². The molecule has 148 valence electrons. The first-order valence-corrected chi connectivity index (χ1v) is 8.93. The Kier molecular flexibility index (Phi) is 7.89. The fourth-order valence-corrected chi connectivity index (χ4v) is 2.79. The van der Waals surface area contributed by atoms with Gasteiger partial charge >= 0.3 is 5.97 Å². The Morgan fingerprint density at radius 2 is 1.82 bits per heavy atom. The molecule has 0 saturated carbocycles. The number of esters is 1. The first kappa shape index (κ1) is 21.3. The maximum absolute atomic E-state index is 12.0. The van der Waals surface area contributed by atoms with Crippen molar-refractivity contribution in [2.24, 2.45) is 0 Å². The number of nitrogens with one attached hydrogen (secondary N) is 1. The van der Waals surface area contributed by atoms with Crippen LogP contribution in [0.1, 0.15) is 24.1 Å². The Balaban J connectivity index is 1.85. The van der Waals surface area contributed by atoms with Crippen LogP contribution in [0, 0.1) is 0 Å². The molecule has 0 aromatic heterocycles. The molecule has 6 nitrogen and oxygen atoms in total. The van der Waals surface area contributed by atoms with Crippen molar-refractivity contribution >= 4 is 29.6 Å². The second-order valence-corrected chi connectivity index (χ2v) is 6.27. The van der Waals surface area contributed by atoms with Crippen LogP contribution in [-0.4, -0.2) is 32.7 Å². The molecule has 0 unspecified atom stereocenters. The van der Waals surface area contributed by atoms with Crippen LogP contribution in [0.2, 0.25) is 5.02 Å². The third-order valence-corrected chi connectivity index (χ3v) is 4.26. The lowest BCUT2D eigenvalue weighted by Gasteiger charge is -2.15. The Hall–Kier alpha value is -2.99. The predicted octanol–water partition coefficient (Wildman–Crippen LogP) is 3.79. The molecule has 0 aliphatic rings. The van der Waals surface area contributed by atoms with E-state index in [1.807, 2.05) is 18.2 Å². The average Bonchev–Trinajstić information content (AvgIpc) is 2.70. The first-order chi connectivity index (χ1) is 13.4. The summed E-state index contributed by atoms with van der Waals surface area (Å²) < 4.78 is 15.3. The predicted molar refractivity (Wildman–Crippen MR) is 108 cm³/mol. The van der Waals surface area contributed by atoms with Gasteiger partial charge < -0.3 is 19.5 Å². The highest BCUT2D eigenvalue weighted by molar-refractivity contribution is 6.31. The lowest BCUT2D eigenvalue weighted by Crippen LogP contribution is -2.31. The van der Waals surface area contributed by atoms with Gasteiger partial charge in [-0.25, -0.2) is 4.79 Å². The van der Waals surface area contributed by atoms with Gasteiger partial charge in [0, 0.05) is 11.1 Å². The SMILES string of the molecule is COc1ccc(/C=C/C(=O)OCC(=O)N[C@@H](C)c2ccccc2Cl)cc1OC. The van der Waals surface area contributed by atoms with Crippen molar-refractivity contribution in [3.05, 3.63) is 64.7 Å². The van der Waals surface area contributed by atoms with Crippen LogP contribution in [-0.2, 0) is 14.3 Å². The standard InChI is InChI=1S/C21H22ClNO5/c1-14(16-6-4-5-7-17(16)22)23-20(24)13-28-21(25)11-9-15-8-10-18(26-2)19(12-15)27-3/h4-12,14H,13H2,1-3H3,(H,23,24)/b11-9+/t14-/m0/s1. The quantitative estimate of drug-likeness (QED) is 0.536. The average molecular weight is 404 g/mol. The van der Waals surface area contributed by atoms with Crippen LogP contribution in [0.5, 0.6) is 11.5 Å². The summed E-state index contributed by atoms with van der Waals surface area (Å²) in [5, 5.41) is 3.30. The third kappa shape index (κ3) is 6.03. The molecule has 0 bridgehead atoms. The van der Waals surface area contributed by atoms with E-state index in [2.05, 4.69) is 5.32 Å². The first-order valence-electron chi connectivity index (χ1n) is 8.55. The van der Waals surface area contributed by atoms with Gasteiger partial charge in [-0.15, -0.1) is 0 Å². The zero-order valence-electron chi connectivity index (χ0n) is 15.9. The third-order valence-electron chi connectivity index (χ3n) is 3.91. The summed E-state index contributed by atoms with van der Waals surface area (Å²) in [5.41, 5.74) is 1.52. The molecule has 2 aromatic carbocycles. The molecule has 7 heteroatoms. The van der Waals surface area contributed by atoms with E-state index in [0.29, 0.717) is 16.5 Å². The van der Waals surface area contributed by atoms with E-state index in [4.69, 9.17) is 25.8 Å². The minimum Gasteiger partial charge on any atom is -0.493 e. The Labute approximate surface area is 169 Å². The van der Waals surface area contributed by atoms with E-state index >= 15 is 0 Å². The molecule has 0 heterocycles. The van der Waals surface area contributed by atoms with Gasteiger partial charge in [0.05, 0.1) is 20.3 Å². The number of methoxy groups -OCH3 is 2. The largest absolute Gasteiger partial charge is 0.493 e. The van der Waals surface area contributed by atoms with Crippen molar-refractivity contribution in [1.29, 1.82) is 0 Å². The zero-order chi connectivity index (χ0) is 20.5. The Morgan fingerprint density at radius 3 is 2.50 bits per heavy atom. The molecule has 1 amide bonds. The van der Waals surface area contributed by atoms with Crippen molar-refractivity contribution < 1.29 is 23.8 Å². The van der Waals surface area contributed by atoms with Crippen LogP contribution in [0.15, 0.2) is 48.5 Å². The van der Waals surface area contributed by atoms with Crippen molar-refractivity contribution in [2.75, 3.05) is 20.8 Å². The summed E-state index contributed by atoms with van der Waals surface area (Å²) in [4.78, 5) is 23.8. The van der Waals surface area contributed by atoms with E-state index in [9.17, 15) is 9.59 Å². The number of hydrogen-bond donors (Lipinski definition) is 1. The van der Waals surface area contributed by atoms with Crippen molar-refractivity contribution in [1.82, 2.24) is 5.32 Å². The Morgan fingerprint density at radius 1 is 1.11 bits per heavy atom. The number of halogens is 1. The van der Waals surface area contributed by atoms with E-state index in [1.165, 1.54) is 13.2 Å². The molecular weight excluding hydrogens is 382 g/mol.